The lowest BCUT2D eigenvalue weighted by Crippen LogP contribution is -2.38. The fourth-order valence-electron chi connectivity index (χ4n) is 1.22. The number of nitrogens with zero attached hydrogens (tertiary/aromatic N) is 1. The van der Waals surface area contributed by atoms with Gasteiger partial charge in [-0.3, -0.25) is 0 Å². The molecule has 0 spiro atoms. The summed E-state index contributed by atoms with van der Waals surface area (Å²) in [6.07, 6.45) is -0.832. The second-order valence-corrected chi connectivity index (χ2v) is 3.02. The van der Waals surface area contributed by atoms with Gasteiger partial charge in [0, 0.05) is 6.54 Å². The van der Waals surface area contributed by atoms with Crippen molar-refractivity contribution in [2.45, 2.75) is 13.0 Å². The molecule has 1 unspecified atom stereocenters. The van der Waals surface area contributed by atoms with E-state index in [1.165, 1.54) is 4.90 Å². The van der Waals surface area contributed by atoms with Crippen molar-refractivity contribution in [2.75, 3.05) is 32.8 Å². The molecule has 2 N–H and O–H groups in total. The zero-order valence-electron chi connectivity index (χ0n) is 7.82. The molecule has 0 saturated carbocycles. The zero-order chi connectivity index (χ0) is 9.68. The van der Waals surface area contributed by atoms with Gasteiger partial charge in [-0.15, -0.1) is 0 Å². The van der Waals surface area contributed by atoms with Gasteiger partial charge < -0.3 is 20.1 Å². The van der Waals surface area contributed by atoms with Crippen LogP contribution in [0.15, 0.2) is 0 Å². The minimum atomic E-state index is -0.509. The summed E-state index contributed by atoms with van der Waals surface area (Å²) in [4.78, 5) is 12.5. The summed E-state index contributed by atoms with van der Waals surface area (Å²) in [7, 11) is 0. The Morgan fingerprint density at radius 2 is 2.54 bits per heavy atom. The number of hydrogen-bond donors (Lipinski definition) is 2. The van der Waals surface area contributed by atoms with Gasteiger partial charge in [0.25, 0.3) is 0 Å². The second kappa shape index (κ2) is 5.04. The number of aliphatic hydroxyl groups excluding tert-OH is 1. The third kappa shape index (κ3) is 3.20. The first-order valence-electron chi connectivity index (χ1n) is 4.54. The van der Waals surface area contributed by atoms with E-state index in [4.69, 9.17) is 4.74 Å². The Balaban J connectivity index is 2.19. The largest absolute Gasteiger partial charge is 0.448 e. The highest BCUT2D eigenvalue weighted by atomic mass is 16.6. The first-order chi connectivity index (χ1) is 6.24. The molecule has 1 heterocycles. The van der Waals surface area contributed by atoms with Crippen LogP contribution in [0.4, 0.5) is 4.79 Å². The number of nitrogens with one attached hydrogen (secondary N) is 1. The molecule has 0 radical (unpaired) electrons. The lowest BCUT2D eigenvalue weighted by atomic mass is 10.3. The minimum absolute atomic E-state index is 0.324. The number of aliphatic hydroxyl groups is 1. The van der Waals surface area contributed by atoms with Gasteiger partial charge in [-0.05, 0) is 6.54 Å². The topological polar surface area (TPSA) is 61.8 Å². The molecular formula is C8H16N2O3. The Kier molecular flexibility index (Phi) is 3.98. The SMILES string of the molecule is CCNCC(O)CN1CCOC1=O. The molecular weight excluding hydrogens is 172 g/mol. The van der Waals surface area contributed by atoms with Crippen molar-refractivity contribution in [3.05, 3.63) is 0 Å². The van der Waals surface area contributed by atoms with Crippen molar-refractivity contribution < 1.29 is 14.6 Å². The molecule has 1 rings (SSSR count). The highest BCUT2D eigenvalue weighted by molar-refractivity contribution is 5.69. The molecule has 5 heteroatoms. The number of ether oxygens (including phenoxy) is 1. The molecule has 5 nitrogen and oxygen atoms in total. The first kappa shape index (κ1) is 10.3. The summed E-state index contributed by atoms with van der Waals surface area (Å²) in [5, 5.41) is 12.5. The van der Waals surface area contributed by atoms with Crippen LogP contribution >= 0.6 is 0 Å². The van der Waals surface area contributed by atoms with Crippen molar-refractivity contribution in [1.29, 1.82) is 0 Å². The van der Waals surface area contributed by atoms with E-state index in [2.05, 4.69) is 5.32 Å². The van der Waals surface area contributed by atoms with Crippen LogP contribution < -0.4 is 5.32 Å². The fourth-order valence-corrected chi connectivity index (χ4v) is 1.22. The quantitative estimate of drug-likeness (QED) is 0.605. The Bertz CT molecular complexity index is 175. The van der Waals surface area contributed by atoms with Crippen LogP contribution in [0.2, 0.25) is 0 Å². The highest BCUT2D eigenvalue weighted by Crippen LogP contribution is 2.03. The molecule has 1 saturated heterocycles. The number of β-amino-alcohol motifs (C(OH)–C–C–N with tert-alkyl or cyclic N) is 1. The van der Waals surface area contributed by atoms with Crippen molar-refractivity contribution >= 4 is 6.09 Å². The standard InChI is InChI=1S/C8H16N2O3/c1-2-9-5-7(11)6-10-3-4-13-8(10)12/h7,9,11H,2-6H2,1H3. The molecule has 1 aliphatic rings. The second-order valence-electron chi connectivity index (χ2n) is 3.02. The third-order valence-electron chi connectivity index (χ3n) is 1.91. The summed E-state index contributed by atoms with van der Waals surface area (Å²) in [6, 6.07) is 0. The van der Waals surface area contributed by atoms with Crippen molar-refractivity contribution in [3.8, 4) is 0 Å². The van der Waals surface area contributed by atoms with Gasteiger partial charge in [-0.2, -0.15) is 0 Å². The van der Waals surface area contributed by atoms with Crippen molar-refractivity contribution in [3.63, 3.8) is 0 Å². The molecule has 76 valence electrons. The summed E-state index contributed by atoms with van der Waals surface area (Å²) < 4.78 is 4.73. The number of hydrogen-bond acceptors (Lipinski definition) is 4. The number of cyclic esters (lactones) is 1. The van der Waals surface area contributed by atoms with E-state index in [0.717, 1.165) is 6.54 Å². The maximum atomic E-state index is 11.0. The summed E-state index contributed by atoms with van der Waals surface area (Å²) in [5.74, 6) is 0. The number of carbonyl (C=O) groups excluding carboxylic acids is 1. The molecule has 1 aliphatic heterocycles. The van der Waals surface area contributed by atoms with E-state index in [1.807, 2.05) is 6.92 Å². The number of rotatable bonds is 5. The van der Waals surface area contributed by atoms with Crippen LogP contribution in [-0.4, -0.2) is 55.0 Å². The number of carbonyl (C=O) groups is 1. The van der Waals surface area contributed by atoms with E-state index in [1.54, 1.807) is 0 Å². The van der Waals surface area contributed by atoms with Crippen molar-refractivity contribution in [2.24, 2.45) is 0 Å². The minimum Gasteiger partial charge on any atom is -0.448 e. The average molecular weight is 188 g/mol. The van der Waals surface area contributed by atoms with Crippen LogP contribution in [0, 0.1) is 0 Å². The van der Waals surface area contributed by atoms with E-state index >= 15 is 0 Å². The first-order valence-corrected chi connectivity index (χ1v) is 4.54. The smallest absolute Gasteiger partial charge is 0.410 e. The summed E-state index contributed by atoms with van der Waals surface area (Å²) in [5.41, 5.74) is 0. The molecule has 0 aromatic rings. The molecule has 1 atom stereocenters. The molecule has 1 amide bonds. The Labute approximate surface area is 77.7 Å². The van der Waals surface area contributed by atoms with Crippen LogP contribution in [0.1, 0.15) is 6.92 Å². The fraction of sp³-hybridized carbons (Fsp3) is 0.875. The predicted octanol–water partition coefficient (Wildman–Crippen LogP) is -0.591. The van der Waals surface area contributed by atoms with Crippen LogP contribution in [0.25, 0.3) is 0 Å². The Morgan fingerprint density at radius 1 is 1.77 bits per heavy atom. The third-order valence-corrected chi connectivity index (χ3v) is 1.91. The van der Waals surface area contributed by atoms with E-state index in [0.29, 0.717) is 26.2 Å². The number of likely N-dealkylation sites (N-methyl/N-ethyl adjacent to an activating group) is 1. The zero-order valence-corrected chi connectivity index (χ0v) is 7.82. The van der Waals surface area contributed by atoms with Gasteiger partial charge in [-0.1, -0.05) is 6.92 Å². The normalized spacial score (nSPS) is 18.9. The summed E-state index contributed by atoms with van der Waals surface area (Å²) in [6.45, 7) is 4.68. The van der Waals surface area contributed by atoms with E-state index < -0.39 is 6.10 Å². The van der Waals surface area contributed by atoms with Gasteiger partial charge in [0.2, 0.25) is 0 Å². The lowest BCUT2D eigenvalue weighted by molar-refractivity contribution is 0.117. The van der Waals surface area contributed by atoms with Gasteiger partial charge in [0.1, 0.15) is 6.61 Å². The molecule has 0 bridgehead atoms. The van der Waals surface area contributed by atoms with Gasteiger partial charge >= 0.3 is 6.09 Å². The van der Waals surface area contributed by atoms with Gasteiger partial charge in [-0.25, -0.2) is 4.79 Å². The van der Waals surface area contributed by atoms with Gasteiger partial charge in [0.05, 0.1) is 19.2 Å². The van der Waals surface area contributed by atoms with Crippen molar-refractivity contribution in [1.82, 2.24) is 10.2 Å². The lowest BCUT2D eigenvalue weighted by Gasteiger charge is -2.17. The number of amides is 1. The average Bonchev–Trinajstić information content (AvgIpc) is 2.48. The van der Waals surface area contributed by atoms with Crippen LogP contribution in [0.3, 0.4) is 0 Å². The molecule has 0 aliphatic carbocycles. The maximum absolute atomic E-state index is 11.0. The molecule has 0 aromatic carbocycles. The predicted molar refractivity (Wildman–Crippen MR) is 47.5 cm³/mol. The van der Waals surface area contributed by atoms with Gasteiger partial charge in [0.15, 0.2) is 0 Å². The Hall–Kier alpha value is -0.810. The maximum Gasteiger partial charge on any atom is 0.410 e. The van der Waals surface area contributed by atoms with E-state index in [9.17, 15) is 9.90 Å². The molecule has 0 aromatic heterocycles. The monoisotopic (exact) mass is 188 g/mol. The summed E-state index contributed by atoms with van der Waals surface area (Å²) >= 11 is 0. The molecule has 13 heavy (non-hydrogen) atoms. The van der Waals surface area contributed by atoms with E-state index in [-0.39, 0.29) is 6.09 Å². The Morgan fingerprint density at radius 3 is 3.08 bits per heavy atom. The highest BCUT2D eigenvalue weighted by Gasteiger charge is 2.23. The van der Waals surface area contributed by atoms with Crippen LogP contribution in [0.5, 0.6) is 0 Å². The molecule has 1 fully saturated rings. The van der Waals surface area contributed by atoms with Crippen LogP contribution in [-0.2, 0) is 4.74 Å².